The van der Waals surface area contributed by atoms with Gasteiger partial charge in [-0.05, 0) is 146 Å². The van der Waals surface area contributed by atoms with E-state index in [-0.39, 0.29) is 28.4 Å². The van der Waals surface area contributed by atoms with Gasteiger partial charge < -0.3 is 23.7 Å². The van der Waals surface area contributed by atoms with Crippen LogP contribution in [0.25, 0.3) is 59.5 Å². The van der Waals surface area contributed by atoms with E-state index in [1.807, 2.05) is 11.3 Å². The number of furan rings is 1. The monoisotopic (exact) mass is 1040 g/mol. The Kier molecular flexibility index (Phi) is 9.94. The van der Waals surface area contributed by atoms with Crippen molar-refractivity contribution in [1.29, 1.82) is 0 Å². The number of aromatic nitrogens is 1. The molecule has 0 atom stereocenters. The van der Waals surface area contributed by atoms with Crippen LogP contribution in [-0.2, 0) is 21.7 Å². The molecular weight excluding hydrogens is 980 g/mol. The van der Waals surface area contributed by atoms with Crippen LogP contribution < -0.4 is 30.4 Å². The fourth-order valence-corrected chi connectivity index (χ4v) is 14.5. The molecule has 3 aliphatic rings. The smallest absolute Gasteiger partial charge is 0.264 e. The van der Waals surface area contributed by atoms with Gasteiger partial charge in [0.25, 0.3) is 6.71 Å². The second-order valence-electron chi connectivity index (χ2n) is 26.7. The lowest BCUT2D eigenvalue weighted by Gasteiger charge is -2.46. The first-order chi connectivity index (χ1) is 37.7. The standard InChI is InChI=1S/C72H65BN4OS/c1-69(2,3)42-30-32-55-51(34-42)52-36-44(71(7,8)9)38-59-64(52)75(55)60-39-45(72(10,11)12)37-54-66(60)77(59)58-41-48(74(46-22-15-13-16-23-46)47-24-17-14-18-25-47)40-57-63(58)73(54)68-65(53-35-43(70(4,5)6)31-33-62(53)79-68)76(57)56-28-21-27-50-49-26-19-20-29-61(49)78-67(50)56/h13-41H,1-12H3. The molecule has 0 aliphatic carbocycles. The highest BCUT2D eigenvalue weighted by Crippen LogP contribution is 2.57. The third-order valence-corrected chi connectivity index (χ3v) is 18.6. The van der Waals surface area contributed by atoms with Crippen LogP contribution in [0, 0.1) is 0 Å². The van der Waals surface area contributed by atoms with Gasteiger partial charge in [-0.1, -0.05) is 168 Å². The summed E-state index contributed by atoms with van der Waals surface area (Å²) in [5, 5.41) is 6.07. The van der Waals surface area contributed by atoms with E-state index in [0.29, 0.717) is 0 Å². The number of anilines is 9. The molecule has 0 fully saturated rings. The van der Waals surface area contributed by atoms with E-state index in [9.17, 15) is 0 Å². The zero-order valence-electron chi connectivity index (χ0n) is 47.4. The molecule has 0 amide bonds. The summed E-state index contributed by atoms with van der Waals surface area (Å²) in [6.45, 7) is 28.2. The lowest BCUT2D eigenvalue weighted by Crippen LogP contribution is -2.61. The van der Waals surface area contributed by atoms with Gasteiger partial charge in [0.1, 0.15) is 5.58 Å². The van der Waals surface area contributed by atoms with Gasteiger partial charge in [0.05, 0.1) is 45.2 Å². The zero-order valence-corrected chi connectivity index (χ0v) is 48.2. The summed E-state index contributed by atoms with van der Waals surface area (Å²) in [6, 6.07) is 66.9. The highest BCUT2D eigenvalue weighted by molar-refractivity contribution is 7.33. The summed E-state index contributed by atoms with van der Waals surface area (Å²) in [4.78, 5) is 7.79. The van der Waals surface area contributed by atoms with Crippen LogP contribution in [0.1, 0.15) is 105 Å². The molecule has 3 aliphatic heterocycles. The molecule has 0 saturated heterocycles. The second-order valence-corrected chi connectivity index (χ2v) is 27.8. The average molecular weight is 1050 g/mol. The zero-order chi connectivity index (χ0) is 54.4. The summed E-state index contributed by atoms with van der Waals surface area (Å²) >= 11 is 1.97. The van der Waals surface area contributed by atoms with Gasteiger partial charge in [0.15, 0.2) is 5.58 Å². The highest BCUT2D eigenvalue weighted by atomic mass is 32.1. The molecule has 15 rings (SSSR count). The van der Waals surface area contributed by atoms with Crippen LogP contribution in [0.3, 0.4) is 0 Å². The van der Waals surface area contributed by atoms with E-state index in [1.54, 1.807) is 0 Å². The predicted octanol–water partition coefficient (Wildman–Crippen LogP) is 19.0. The molecule has 0 N–H and O–H groups in total. The Morgan fingerprint density at radius 2 is 0.975 bits per heavy atom. The molecule has 7 heteroatoms. The molecule has 0 saturated carbocycles. The van der Waals surface area contributed by atoms with Gasteiger partial charge in [-0.3, -0.25) is 0 Å². The second kappa shape index (κ2) is 16.3. The molecule has 0 spiro atoms. The summed E-state index contributed by atoms with van der Waals surface area (Å²) in [5.74, 6) is 0. The molecule has 0 radical (unpaired) electrons. The Balaban J connectivity index is 1.16. The van der Waals surface area contributed by atoms with Gasteiger partial charge in [-0.15, -0.1) is 11.3 Å². The van der Waals surface area contributed by atoms with E-state index < -0.39 is 0 Å². The maximum absolute atomic E-state index is 7.14. The first kappa shape index (κ1) is 48.2. The van der Waals surface area contributed by atoms with Gasteiger partial charge in [-0.25, -0.2) is 0 Å². The SMILES string of the molecule is CC(C)(C)c1cc2c3c(c1)-n1c4ccc(C(C)(C)C)cc4c4cc(C(C)(C)C)cc(c41)N3c1cc(N(c3ccccc3)c3ccccc3)cc3c1B2c1sc2ccc(C(C)(C)C)cc2c1N3c1cccc2c1oc1ccccc12. The van der Waals surface area contributed by atoms with Gasteiger partial charge in [-0.2, -0.15) is 0 Å². The van der Waals surface area contributed by atoms with Crippen molar-refractivity contribution in [2.24, 2.45) is 0 Å². The van der Waals surface area contributed by atoms with E-state index in [1.165, 1.54) is 98.3 Å². The summed E-state index contributed by atoms with van der Waals surface area (Å²) in [6.07, 6.45) is 0. The topological polar surface area (TPSA) is 27.8 Å². The highest BCUT2D eigenvalue weighted by Gasteiger charge is 2.49. The predicted molar refractivity (Wildman–Crippen MR) is 341 cm³/mol. The summed E-state index contributed by atoms with van der Waals surface area (Å²) in [7, 11) is 0. The quantitative estimate of drug-likeness (QED) is 0.164. The number of hydrogen-bond donors (Lipinski definition) is 0. The summed E-state index contributed by atoms with van der Waals surface area (Å²) in [5.41, 5.74) is 23.3. The number of para-hydroxylation sites is 4. The fourth-order valence-electron chi connectivity index (χ4n) is 13.2. The normalized spacial score (nSPS) is 14.0. The number of fused-ring (bicyclic) bond motifs is 14. The number of thiophene rings is 1. The number of benzene rings is 9. The molecule has 12 aromatic rings. The van der Waals surface area contributed by atoms with Crippen LogP contribution in [0.2, 0.25) is 0 Å². The van der Waals surface area contributed by atoms with Crippen molar-refractivity contribution in [3.63, 3.8) is 0 Å². The minimum Gasteiger partial charge on any atom is -0.454 e. The number of hydrogen-bond acceptors (Lipinski definition) is 5. The third kappa shape index (κ3) is 7.00. The van der Waals surface area contributed by atoms with Crippen molar-refractivity contribution < 1.29 is 4.42 Å². The lowest BCUT2D eigenvalue weighted by atomic mass is 9.35. The lowest BCUT2D eigenvalue weighted by molar-refractivity contribution is 0.590. The molecular formula is C72H65BN4OS. The fraction of sp³-hybridized carbons (Fsp3) is 0.222. The molecule has 9 aromatic carbocycles. The van der Waals surface area contributed by atoms with E-state index in [4.69, 9.17) is 4.42 Å². The van der Waals surface area contributed by atoms with Gasteiger partial charge in [0, 0.05) is 59.2 Å². The largest absolute Gasteiger partial charge is 0.454 e. The van der Waals surface area contributed by atoms with Crippen molar-refractivity contribution in [3.8, 4) is 5.69 Å². The number of nitrogens with zero attached hydrogens (tertiary/aromatic N) is 4. The molecule has 388 valence electrons. The maximum atomic E-state index is 7.14. The maximum Gasteiger partial charge on any atom is 0.264 e. The van der Waals surface area contributed by atoms with E-state index in [2.05, 4.69) is 278 Å². The molecule has 5 nitrogen and oxygen atoms in total. The van der Waals surface area contributed by atoms with Crippen molar-refractivity contribution in [1.82, 2.24) is 4.57 Å². The first-order valence-corrected chi connectivity index (χ1v) is 29.0. The first-order valence-electron chi connectivity index (χ1n) is 28.2. The van der Waals surface area contributed by atoms with Crippen molar-refractivity contribution >= 4 is 139 Å². The summed E-state index contributed by atoms with van der Waals surface area (Å²) < 4.78 is 12.4. The minimum atomic E-state index is -0.157. The Morgan fingerprint density at radius 3 is 1.63 bits per heavy atom. The Bertz CT molecular complexity index is 4510. The Morgan fingerprint density at radius 1 is 0.418 bits per heavy atom. The molecule has 3 aromatic heterocycles. The van der Waals surface area contributed by atoms with Gasteiger partial charge >= 0.3 is 0 Å². The molecule has 79 heavy (non-hydrogen) atoms. The number of rotatable bonds is 4. The van der Waals surface area contributed by atoms with Crippen LogP contribution >= 0.6 is 11.3 Å². The van der Waals surface area contributed by atoms with Crippen molar-refractivity contribution in [3.05, 3.63) is 198 Å². The van der Waals surface area contributed by atoms with Crippen LogP contribution in [0.5, 0.6) is 0 Å². The Hall–Kier alpha value is -8.00. The molecule has 0 bridgehead atoms. The van der Waals surface area contributed by atoms with Crippen molar-refractivity contribution in [2.75, 3.05) is 14.7 Å². The third-order valence-electron chi connectivity index (χ3n) is 17.4. The minimum absolute atomic E-state index is 0.0293. The van der Waals surface area contributed by atoms with Crippen LogP contribution in [0.4, 0.5) is 51.2 Å². The van der Waals surface area contributed by atoms with Crippen LogP contribution in [-0.4, -0.2) is 11.3 Å². The molecule has 0 unspecified atom stereocenters. The van der Waals surface area contributed by atoms with Gasteiger partial charge in [0.2, 0.25) is 0 Å². The van der Waals surface area contributed by atoms with Crippen molar-refractivity contribution in [2.45, 2.75) is 105 Å². The molecule has 6 heterocycles. The van der Waals surface area contributed by atoms with E-state index >= 15 is 0 Å². The van der Waals surface area contributed by atoms with Crippen LogP contribution in [0.15, 0.2) is 180 Å². The van der Waals surface area contributed by atoms with E-state index in [0.717, 1.165) is 50.4 Å². The average Bonchev–Trinajstić information content (AvgIpc) is 3.28. The Labute approximate surface area is 468 Å².